The van der Waals surface area contributed by atoms with Crippen LogP contribution in [0, 0.1) is 5.92 Å². The van der Waals surface area contributed by atoms with Crippen molar-refractivity contribution < 1.29 is 17.9 Å². The first-order chi connectivity index (χ1) is 14.2. The number of piperidine rings is 1. The van der Waals surface area contributed by atoms with Gasteiger partial charge < -0.3 is 10.1 Å². The molecule has 1 fully saturated rings. The van der Waals surface area contributed by atoms with Crippen molar-refractivity contribution in [1.29, 1.82) is 0 Å². The zero-order valence-electron chi connectivity index (χ0n) is 16.8. The number of nitrogens with one attached hydrogen (secondary N) is 1. The zero-order chi connectivity index (χ0) is 21.9. The molecule has 9 heteroatoms. The van der Waals surface area contributed by atoms with Gasteiger partial charge in [-0.3, -0.25) is 4.79 Å². The lowest BCUT2D eigenvalue weighted by atomic mass is 9.96. The second kappa shape index (κ2) is 9.68. The molecule has 0 bridgehead atoms. The highest BCUT2D eigenvalue weighted by atomic mass is 79.9. The third-order valence-electron chi connectivity index (χ3n) is 5.31. The second-order valence-electron chi connectivity index (χ2n) is 7.26. The van der Waals surface area contributed by atoms with Crippen molar-refractivity contribution in [1.82, 2.24) is 9.62 Å². The lowest BCUT2D eigenvalue weighted by Crippen LogP contribution is -2.43. The number of halogens is 2. The lowest BCUT2D eigenvalue weighted by Gasteiger charge is -2.31. The summed E-state index contributed by atoms with van der Waals surface area (Å²) in [4.78, 5) is 12.8. The molecule has 0 saturated carbocycles. The monoisotopic (exact) mass is 514 g/mol. The first-order valence-electron chi connectivity index (χ1n) is 9.62. The number of ether oxygens (including phenoxy) is 1. The van der Waals surface area contributed by atoms with E-state index in [-0.39, 0.29) is 40.9 Å². The van der Waals surface area contributed by atoms with Gasteiger partial charge in [0.2, 0.25) is 15.9 Å². The minimum Gasteiger partial charge on any atom is -0.495 e. The Hall–Kier alpha value is -1.61. The average Bonchev–Trinajstić information content (AvgIpc) is 2.74. The maximum atomic E-state index is 12.9. The van der Waals surface area contributed by atoms with Crippen molar-refractivity contribution in [2.45, 2.75) is 30.7 Å². The predicted octanol–water partition coefficient (Wildman–Crippen LogP) is 4.39. The number of sulfonamides is 1. The van der Waals surface area contributed by atoms with Crippen LogP contribution in [0.3, 0.4) is 0 Å². The van der Waals surface area contributed by atoms with Crippen LogP contribution in [0.2, 0.25) is 5.02 Å². The van der Waals surface area contributed by atoms with Crippen LogP contribution in [0.5, 0.6) is 5.75 Å². The highest BCUT2D eigenvalue weighted by molar-refractivity contribution is 9.10. The van der Waals surface area contributed by atoms with Crippen LogP contribution < -0.4 is 10.1 Å². The largest absolute Gasteiger partial charge is 0.495 e. The van der Waals surface area contributed by atoms with Crippen LogP contribution in [-0.4, -0.2) is 38.8 Å². The Morgan fingerprint density at radius 1 is 1.20 bits per heavy atom. The number of hydrogen-bond donors (Lipinski definition) is 1. The van der Waals surface area contributed by atoms with Crippen LogP contribution in [0.4, 0.5) is 0 Å². The van der Waals surface area contributed by atoms with E-state index in [2.05, 4.69) is 21.2 Å². The van der Waals surface area contributed by atoms with Crippen LogP contribution in [0.1, 0.15) is 31.4 Å². The van der Waals surface area contributed by atoms with Gasteiger partial charge in [-0.15, -0.1) is 0 Å². The Bertz CT molecular complexity index is 1010. The Kier molecular flexibility index (Phi) is 7.44. The Morgan fingerprint density at radius 3 is 2.40 bits per heavy atom. The molecule has 0 spiro atoms. The van der Waals surface area contributed by atoms with Gasteiger partial charge in [0, 0.05) is 23.5 Å². The van der Waals surface area contributed by atoms with Gasteiger partial charge in [0.15, 0.2) is 0 Å². The third kappa shape index (κ3) is 5.17. The van der Waals surface area contributed by atoms with Crippen molar-refractivity contribution in [2.75, 3.05) is 20.2 Å². The average molecular weight is 516 g/mol. The fourth-order valence-electron chi connectivity index (χ4n) is 3.48. The fourth-order valence-corrected chi connectivity index (χ4v) is 5.56. The number of rotatable bonds is 6. The normalized spacial score (nSPS) is 16.8. The molecule has 2 aromatic rings. The molecule has 1 amide bonds. The van der Waals surface area contributed by atoms with Crippen LogP contribution in [0.25, 0.3) is 0 Å². The summed E-state index contributed by atoms with van der Waals surface area (Å²) >= 11 is 9.49. The molecule has 1 saturated heterocycles. The van der Waals surface area contributed by atoms with Crippen molar-refractivity contribution in [2.24, 2.45) is 5.92 Å². The third-order valence-corrected chi connectivity index (χ3v) is 8.03. The van der Waals surface area contributed by atoms with E-state index in [9.17, 15) is 13.2 Å². The van der Waals surface area contributed by atoms with Crippen molar-refractivity contribution in [3.05, 3.63) is 57.5 Å². The molecule has 2 aromatic carbocycles. The molecule has 30 heavy (non-hydrogen) atoms. The summed E-state index contributed by atoms with van der Waals surface area (Å²) < 4.78 is 33.3. The minimum absolute atomic E-state index is 0.0463. The van der Waals surface area contributed by atoms with Crippen LogP contribution >= 0.6 is 27.5 Å². The van der Waals surface area contributed by atoms with Gasteiger partial charge in [-0.1, -0.05) is 39.7 Å². The molecule has 1 atom stereocenters. The molecule has 6 nitrogen and oxygen atoms in total. The topological polar surface area (TPSA) is 75.7 Å². The van der Waals surface area contributed by atoms with Gasteiger partial charge in [-0.05, 0) is 55.7 Å². The highest BCUT2D eigenvalue weighted by Crippen LogP contribution is 2.30. The minimum atomic E-state index is -3.67. The van der Waals surface area contributed by atoms with E-state index in [4.69, 9.17) is 16.3 Å². The SMILES string of the molecule is COc1ccc(S(=O)(=O)N2CCC(C(=O)N[C@H](C)c3ccc(Br)cc3)CC2)cc1Cl. The first kappa shape index (κ1) is 23.1. The van der Waals surface area contributed by atoms with Gasteiger partial charge >= 0.3 is 0 Å². The first-order valence-corrected chi connectivity index (χ1v) is 12.2. The Balaban J connectivity index is 1.60. The number of methoxy groups -OCH3 is 1. The summed E-state index contributed by atoms with van der Waals surface area (Å²) in [6, 6.07) is 12.1. The highest BCUT2D eigenvalue weighted by Gasteiger charge is 2.32. The summed E-state index contributed by atoms with van der Waals surface area (Å²) in [6.45, 7) is 2.52. The van der Waals surface area contributed by atoms with E-state index >= 15 is 0 Å². The molecule has 1 N–H and O–H groups in total. The van der Waals surface area contributed by atoms with E-state index in [1.165, 1.54) is 23.5 Å². The smallest absolute Gasteiger partial charge is 0.243 e. The summed E-state index contributed by atoms with van der Waals surface area (Å²) in [5.41, 5.74) is 1.02. The number of benzene rings is 2. The van der Waals surface area contributed by atoms with Crippen molar-refractivity contribution in [3.63, 3.8) is 0 Å². The van der Waals surface area contributed by atoms with Crippen molar-refractivity contribution in [3.8, 4) is 5.75 Å². The lowest BCUT2D eigenvalue weighted by molar-refractivity contribution is -0.126. The molecule has 0 unspecified atom stereocenters. The maximum Gasteiger partial charge on any atom is 0.243 e. The summed E-state index contributed by atoms with van der Waals surface area (Å²) in [6.07, 6.45) is 0.948. The second-order valence-corrected chi connectivity index (χ2v) is 10.5. The Labute approximate surface area is 190 Å². The molecule has 1 heterocycles. The molecular formula is C21H24BrClN2O4S. The number of nitrogens with zero attached hydrogens (tertiary/aromatic N) is 1. The molecular weight excluding hydrogens is 492 g/mol. The summed E-state index contributed by atoms with van der Waals surface area (Å²) in [7, 11) is -2.20. The Morgan fingerprint density at radius 2 is 1.83 bits per heavy atom. The summed E-state index contributed by atoms with van der Waals surface area (Å²) in [5, 5.41) is 3.28. The number of carbonyl (C=O) groups excluding carboxylic acids is 1. The van der Waals surface area contributed by atoms with E-state index in [1.807, 2.05) is 31.2 Å². The number of amides is 1. The standard InChI is InChI=1S/C21H24BrClN2O4S/c1-14(15-3-5-17(22)6-4-15)24-21(26)16-9-11-25(12-10-16)30(27,28)18-7-8-20(29-2)19(23)13-18/h3-8,13-14,16H,9-12H2,1-2H3,(H,24,26)/t14-/m1/s1. The van der Waals surface area contributed by atoms with Gasteiger partial charge in [-0.25, -0.2) is 8.42 Å². The molecule has 1 aliphatic rings. The molecule has 0 aliphatic carbocycles. The summed E-state index contributed by atoms with van der Waals surface area (Å²) in [5.74, 6) is 0.162. The maximum absolute atomic E-state index is 12.9. The number of hydrogen-bond acceptors (Lipinski definition) is 4. The van der Waals surface area contributed by atoms with E-state index in [0.29, 0.717) is 18.6 Å². The van der Waals surface area contributed by atoms with Gasteiger partial charge in [-0.2, -0.15) is 4.31 Å². The van der Waals surface area contributed by atoms with Crippen LogP contribution in [-0.2, 0) is 14.8 Å². The molecule has 3 rings (SSSR count). The fraction of sp³-hybridized carbons (Fsp3) is 0.381. The predicted molar refractivity (Wildman–Crippen MR) is 120 cm³/mol. The van der Waals surface area contributed by atoms with Gasteiger partial charge in [0.25, 0.3) is 0 Å². The molecule has 0 aromatic heterocycles. The molecule has 162 valence electrons. The van der Waals surface area contributed by atoms with E-state index in [0.717, 1.165) is 10.0 Å². The van der Waals surface area contributed by atoms with Gasteiger partial charge in [0.1, 0.15) is 5.75 Å². The van der Waals surface area contributed by atoms with Crippen molar-refractivity contribution >= 4 is 43.5 Å². The zero-order valence-corrected chi connectivity index (χ0v) is 19.9. The number of carbonyl (C=O) groups is 1. The van der Waals surface area contributed by atoms with Gasteiger partial charge in [0.05, 0.1) is 23.1 Å². The quantitative estimate of drug-likeness (QED) is 0.619. The van der Waals surface area contributed by atoms with E-state index < -0.39 is 10.0 Å². The molecule has 0 radical (unpaired) electrons. The van der Waals surface area contributed by atoms with E-state index in [1.54, 1.807) is 6.07 Å². The van der Waals surface area contributed by atoms with Crippen LogP contribution in [0.15, 0.2) is 51.8 Å². The molecule has 1 aliphatic heterocycles.